The zero-order valence-electron chi connectivity index (χ0n) is 16.9. The van der Waals surface area contributed by atoms with Crippen molar-refractivity contribution in [3.05, 3.63) is 0 Å². The van der Waals surface area contributed by atoms with E-state index in [0.717, 1.165) is 38.5 Å². The molecule has 0 spiro atoms. The van der Waals surface area contributed by atoms with Gasteiger partial charge in [-0.15, -0.1) is 0 Å². The molecule has 1 saturated carbocycles. The summed E-state index contributed by atoms with van der Waals surface area (Å²) in [5.41, 5.74) is 0. The SMILES string of the molecule is CC(=O)C(C)C.CCC(=O)CC.CCCC(C)=O.O=C1CCCC1. The van der Waals surface area contributed by atoms with Crippen molar-refractivity contribution in [3.63, 3.8) is 0 Å². The first kappa shape index (κ1) is 27.5. The number of Topliss-reactive ketones (excluding diaryl/α,β-unsaturated/α-hetero) is 4. The number of rotatable bonds is 5. The van der Waals surface area contributed by atoms with Gasteiger partial charge in [-0.25, -0.2) is 0 Å². The summed E-state index contributed by atoms with van der Waals surface area (Å²) in [7, 11) is 0. The smallest absolute Gasteiger partial charge is 0.132 e. The highest BCUT2D eigenvalue weighted by molar-refractivity contribution is 5.80. The Morgan fingerprint density at radius 2 is 1.29 bits per heavy atom. The maximum absolute atomic E-state index is 10.2. The summed E-state index contributed by atoms with van der Waals surface area (Å²) in [5.74, 6) is 1.56. The first-order valence-corrected chi connectivity index (χ1v) is 9.15. The van der Waals surface area contributed by atoms with Crippen LogP contribution >= 0.6 is 0 Å². The van der Waals surface area contributed by atoms with Crippen molar-refractivity contribution in [1.82, 2.24) is 0 Å². The Morgan fingerprint density at radius 3 is 1.33 bits per heavy atom. The quantitative estimate of drug-likeness (QED) is 0.696. The molecule has 0 bridgehead atoms. The van der Waals surface area contributed by atoms with Crippen molar-refractivity contribution in [2.45, 2.75) is 99.8 Å². The van der Waals surface area contributed by atoms with Crippen molar-refractivity contribution in [2.24, 2.45) is 5.92 Å². The van der Waals surface area contributed by atoms with Crippen LogP contribution in [0.25, 0.3) is 0 Å². The number of hydrogen-bond donors (Lipinski definition) is 0. The Kier molecular flexibility index (Phi) is 22.6. The average molecular weight is 343 g/mol. The minimum Gasteiger partial charge on any atom is -0.300 e. The molecule has 24 heavy (non-hydrogen) atoms. The largest absolute Gasteiger partial charge is 0.300 e. The van der Waals surface area contributed by atoms with Crippen LogP contribution in [0.4, 0.5) is 0 Å². The molecule has 0 aromatic carbocycles. The molecule has 1 fully saturated rings. The van der Waals surface area contributed by atoms with E-state index in [9.17, 15) is 19.2 Å². The fourth-order valence-electron chi connectivity index (χ4n) is 1.37. The monoisotopic (exact) mass is 342 g/mol. The number of carbonyl (C=O) groups is 4. The van der Waals surface area contributed by atoms with Crippen molar-refractivity contribution in [2.75, 3.05) is 0 Å². The van der Waals surface area contributed by atoms with Crippen LogP contribution in [0.3, 0.4) is 0 Å². The average Bonchev–Trinajstić information content (AvgIpc) is 2.99. The summed E-state index contributed by atoms with van der Waals surface area (Å²) in [6.07, 6.45) is 7.07. The van der Waals surface area contributed by atoms with E-state index in [1.807, 2.05) is 34.6 Å². The molecule has 0 radical (unpaired) electrons. The summed E-state index contributed by atoms with van der Waals surface area (Å²) in [5, 5.41) is 0. The first-order chi connectivity index (χ1) is 11.1. The topological polar surface area (TPSA) is 68.3 Å². The third-order valence-electron chi connectivity index (χ3n) is 3.37. The fraction of sp³-hybridized carbons (Fsp3) is 0.800. The second-order valence-electron chi connectivity index (χ2n) is 6.21. The van der Waals surface area contributed by atoms with E-state index in [1.54, 1.807) is 13.8 Å². The maximum atomic E-state index is 10.2. The van der Waals surface area contributed by atoms with Gasteiger partial charge < -0.3 is 4.79 Å². The highest BCUT2D eigenvalue weighted by atomic mass is 16.1. The van der Waals surface area contributed by atoms with Crippen LogP contribution in [0.5, 0.6) is 0 Å². The van der Waals surface area contributed by atoms with Gasteiger partial charge in [-0.1, -0.05) is 34.6 Å². The lowest BCUT2D eigenvalue weighted by atomic mass is 10.1. The van der Waals surface area contributed by atoms with Gasteiger partial charge in [0.25, 0.3) is 0 Å². The van der Waals surface area contributed by atoms with Crippen LogP contribution in [0.15, 0.2) is 0 Å². The standard InChI is InChI=1S/C5H8O.3C5H10O/c6-5-3-1-2-4-5;1-4(2)5(3)6;1-3-4-5(2)6;1-3-5(6)4-2/h1-4H2;4H,1-3H3;2*3-4H2,1-2H3. The summed E-state index contributed by atoms with van der Waals surface area (Å²) in [4.78, 5) is 40.6. The predicted molar refractivity (Wildman–Crippen MR) is 100 cm³/mol. The number of hydrogen-bond acceptors (Lipinski definition) is 4. The highest BCUT2D eigenvalue weighted by Crippen LogP contribution is 2.11. The summed E-state index contributed by atoms with van der Waals surface area (Å²) in [6, 6.07) is 0. The molecule has 1 aliphatic rings. The van der Waals surface area contributed by atoms with E-state index < -0.39 is 0 Å². The lowest BCUT2D eigenvalue weighted by Crippen LogP contribution is -1.98. The van der Waals surface area contributed by atoms with Gasteiger partial charge in [0.2, 0.25) is 0 Å². The molecule has 1 aliphatic carbocycles. The molecule has 0 aromatic heterocycles. The zero-order valence-corrected chi connectivity index (χ0v) is 16.9. The van der Waals surface area contributed by atoms with Crippen molar-refractivity contribution in [3.8, 4) is 0 Å². The minimum absolute atomic E-state index is 0.213. The van der Waals surface area contributed by atoms with Crippen LogP contribution in [0.1, 0.15) is 99.8 Å². The Hall–Kier alpha value is -1.32. The fourth-order valence-corrected chi connectivity index (χ4v) is 1.37. The van der Waals surface area contributed by atoms with E-state index in [-0.39, 0.29) is 17.5 Å². The normalized spacial score (nSPS) is 12.1. The molecular formula is C20H38O4. The van der Waals surface area contributed by atoms with E-state index >= 15 is 0 Å². The number of ketones is 4. The molecule has 0 saturated heterocycles. The Bertz CT molecular complexity index is 338. The molecule has 142 valence electrons. The number of carbonyl (C=O) groups excluding carboxylic acids is 4. The highest BCUT2D eigenvalue weighted by Gasteiger charge is 2.07. The minimum atomic E-state index is 0.213. The molecule has 0 atom stereocenters. The molecule has 0 unspecified atom stereocenters. The van der Waals surface area contributed by atoms with Gasteiger partial charge in [0.1, 0.15) is 23.1 Å². The summed E-state index contributed by atoms with van der Waals surface area (Å²) in [6.45, 7) is 12.8. The second-order valence-corrected chi connectivity index (χ2v) is 6.21. The molecule has 0 heterocycles. The molecule has 0 aliphatic heterocycles. The van der Waals surface area contributed by atoms with E-state index in [2.05, 4.69) is 0 Å². The van der Waals surface area contributed by atoms with Crippen LogP contribution in [0.2, 0.25) is 0 Å². The van der Waals surface area contributed by atoms with Gasteiger partial charge in [0.15, 0.2) is 0 Å². The summed E-state index contributed by atoms with van der Waals surface area (Å²) >= 11 is 0. The van der Waals surface area contributed by atoms with Gasteiger partial charge >= 0.3 is 0 Å². The van der Waals surface area contributed by atoms with Gasteiger partial charge in [-0.05, 0) is 33.1 Å². The molecular weight excluding hydrogens is 304 g/mol. The third kappa shape index (κ3) is 28.8. The van der Waals surface area contributed by atoms with Crippen LogP contribution in [-0.2, 0) is 19.2 Å². The Morgan fingerprint density at radius 1 is 0.917 bits per heavy atom. The molecule has 0 amide bonds. The van der Waals surface area contributed by atoms with Crippen LogP contribution in [-0.4, -0.2) is 23.1 Å². The third-order valence-corrected chi connectivity index (χ3v) is 3.37. The van der Waals surface area contributed by atoms with E-state index in [4.69, 9.17) is 0 Å². The van der Waals surface area contributed by atoms with E-state index in [1.165, 1.54) is 0 Å². The van der Waals surface area contributed by atoms with Gasteiger partial charge in [-0.3, -0.25) is 14.4 Å². The first-order valence-electron chi connectivity index (χ1n) is 9.15. The van der Waals surface area contributed by atoms with Crippen LogP contribution in [0, 0.1) is 5.92 Å². The van der Waals surface area contributed by atoms with Gasteiger partial charge in [-0.2, -0.15) is 0 Å². The Labute approximate surface area is 148 Å². The second kappa shape index (κ2) is 19.7. The molecule has 0 aromatic rings. The van der Waals surface area contributed by atoms with Crippen molar-refractivity contribution in [1.29, 1.82) is 0 Å². The van der Waals surface area contributed by atoms with Gasteiger partial charge in [0.05, 0.1) is 0 Å². The van der Waals surface area contributed by atoms with Crippen molar-refractivity contribution < 1.29 is 19.2 Å². The van der Waals surface area contributed by atoms with Crippen LogP contribution < -0.4 is 0 Å². The lowest BCUT2D eigenvalue weighted by molar-refractivity contribution is -0.120. The zero-order chi connectivity index (χ0) is 19.5. The molecule has 4 heteroatoms. The summed E-state index contributed by atoms with van der Waals surface area (Å²) < 4.78 is 0. The predicted octanol–water partition coefficient (Wildman–Crippen LogP) is 5.11. The molecule has 0 N–H and O–H groups in total. The molecule has 4 nitrogen and oxygen atoms in total. The maximum Gasteiger partial charge on any atom is 0.132 e. The molecule has 1 rings (SSSR count). The Balaban J connectivity index is -0.000000245. The van der Waals surface area contributed by atoms with E-state index in [0.29, 0.717) is 24.4 Å². The van der Waals surface area contributed by atoms with Crippen molar-refractivity contribution >= 4 is 23.1 Å². The lowest BCUT2D eigenvalue weighted by Gasteiger charge is -1.90. The van der Waals surface area contributed by atoms with Gasteiger partial charge in [0, 0.05) is 38.0 Å².